The van der Waals surface area contributed by atoms with Crippen LogP contribution in [0.4, 0.5) is 0 Å². The van der Waals surface area contributed by atoms with E-state index in [9.17, 15) is 0 Å². The van der Waals surface area contributed by atoms with E-state index in [-0.39, 0.29) is 10.8 Å². The molecule has 0 N–H and O–H groups in total. The van der Waals surface area contributed by atoms with Gasteiger partial charge in [-0.15, -0.1) is 0 Å². The second-order valence-electron chi connectivity index (χ2n) is 13.0. The SMILES string of the molecule is CC1(C)c2cc(-n3c4ccccc4c4cc5c(cc43)C(C)(C)c3ccccc3-5)ccc2-c2cc3ccccc3cc21. The summed E-state index contributed by atoms with van der Waals surface area (Å²) in [5.74, 6) is 0. The third kappa shape index (κ3) is 2.86. The number of hydrogen-bond donors (Lipinski definition) is 0. The van der Waals surface area contributed by atoms with Gasteiger partial charge in [-0.1, -0.05) is 100 Å². The summed E-state index contributed by atoms with van der Waals surface area (Å²) < 4.78 is 2.50. The van der Waals surface area contributed by atoms with Gasteiger partial charge >= 0.3 is 0 Å². The van der Waals surface area contributed by atoms with Crippen molar-refractivity contribution in [2.24, 2.45) is 0 Å². The third-order valence-electron chi connectivity index (χ3n) is 10.2. The number of para-hydroxylation sites is 1. The Hall–Kier alpha value is -4.62. The van der Waals surface area contributed by atoms with Crippen LogP contribution in [0.5, 0.6) is 0 Å². The van der Waals surface area contributed by atoms with Crippen molar-refractivity contribution in [3.05, 3.63) is 138 Å². The first kappa shape index (κ1) is 23.1. The number of hydrogen-bond acceptors (Lipinski definition) is 0. The number of benzene rings is 6. The molecule has 0 fully saturated rings. The first-order valence-electron chi connectivity index (χ1n) is 14.7. The number of nitrogens with zero attached hydrogens (tertiary/aromatic N) is 1. The highest BCUT2D eigenvalue weighted by Crippen LogP contribution is 2.53. The van der Waals surface area contributed by atoms with E-state index in [0.29, 0.717) is 0 Å². The van der Waals surface area contributed by atoms with E-state index in [1.54, 1.807) is 0 Å². The van der Waals surface area contributed by atoms with Crippen LogP contribution in [0.25, 0.3) is 60.5 Å². The standard InChI is InChI=1S/C40H31N/c1-39(2)33-15-9-7-13-27(33)31-22-32-29-14-8-10-16-37(29)41(38(32)23-36(31)39)26-17-18-28-30-19-24-11-5-6-12-25(24)20-34(30)40(3,4)35(28)21-26/h5-23H,1-4H3. The topological polar surface area (TPSA) is 4.93 Å². The van der Waals surface area contributed by atoms with E-state index in [1.807, 2.05) is 0 Å². The fraction of sp³-hybridized carbons (Fsp3) is 0.150. The molecule has 0 saturated carbocycles. The molecule has 0 atom stereocenters. The molecular formula is C40H31N. The van der Waals surface area contributed by atoms with E-state index < -0.39 is 0 Å². The Morgan fingerprint density at radius 2 is 1.02 bits per heavy atom. The molecular weight excluding hydrogens is 494 g/mol. The second kappa shape index (κ2) is 7.56. The molecule has 0 unspecified atom stereocenters. The minimum absolute atomic E-state index is 0.0367. The van der Waals surface area contributed by atoms with Crippen LogP contribution in [0, 0.1) is 0 Å². The summed E-state index contributed by atoms with van der Waals surface area (Å²) in [4.78, 5) is 0. The van der Waals surface area contributed by atoms with Gasteiger partial charge in [0.05, 0.1) is 11.0 Å². The maximum absolute atomic E-state index is 2.50. The minimum atomic E-state index is -0.0750. The van der Waals surface area contributed by atoms with Crippen molar-refractivity contribution >= 4 is 32.6 Å². The first-order chi connectivity index (χ1) is 19.8. The molecule has 0 spiro atoms. The zero-order valence-electron chi connectivity index (χ0n) is 23.9. The van der Waals surface area contributed by atoms with Crippen molar-refractivity contribution in [1.29, 1.82) is 0 Å². The maximum Gasteiger partial charge on any atom is 0.0544 e. The highest BCUT2D eigenvalue weighted by molar-refractivity contribution is 6.11. The molecule has 0 radical (unpaired) electrons. The molecule has 2 aliphatic rings. The van der Waals surface area contributed by atoms with Gasteiger partial charge in [-0.05, 0) is 97.7 Å². The minimum Gasteiger partial charge on any atom is -0.309 e. The molecule has 0 aliphatic heterocycles. The molecule has 1 heterocycles. The van der Waals surface area contributed by atoms with Gasteiger partial charge < -0.3 is 4.57 Å². The summed E-state index contributed by atoms with van der Waals surface area (Å²) >= 11 is 0. The third-order valence-corrected chi connectivity index (χ3v) is 10.2. The van der Waals surface area contributed by atoms with Gasteiger partial charge in [-0.2, -0.15) is 0 Å². The molecule has 1 nitrogen and oxygen atoms in total. The van der Waals surface area contributed by atoms with E-state index in [2.05, 4.69) is 148 Å². The normalized spacial score (nSPS) is 15.7. The van der Waals surface area contributed by atoms with Crippen molar-refractivity contribution in [3.63, 3.8) is 0 Å². The summed E-state index contributed by atoms with van der Waals surface area (Å²) in [7, 11) is 0. The van der Waals surface area contributed by atoms with Crippen molar-refractivity contribution in [2.75, 3.05) is 0 Å². The van der Waals surface area contributed by atoms with Gasteiger partial charge in [0.15, 0.2) is 0 Å². The molecule has 0 bridgehead atoms. The second-order valence-corrected chi connectivity index (χ2v) is 13.0. The predicted molar refractivity (Wildman–Crippen MR) is 173 cm³/mol. The fourth-order valence-electron chi connectivity index (χ4n) is 7.99. The summed E-state index contributed by atoms with van der Waals surface area (Å²) in [5, 5.41) is 5.24. The molecule has 196 valence electrons. The Morgan fingerprint density at radius 3 is 1.88 bits per heavy atom. The quantitative estimate of drug-likeness (QED) is 0.201. The summed E-state index contributed by atoms with van der Waals surface area (Å²) in [6.07, 6.45) is 0. The summed E-state index contributed by atoms with van der Waals surface area (Å²) in [6, 6.07) is 43.5. The van der Waals surface area contributed by atoms with Crippen molar-refractivity contribution < 1.29 is 0 Å². The van der Waals surface area contributed by atoms with Crippen molar-refractivity contribution in [3.8, 4) is 27.9 Å². The number of aromatic nitrogens is 1. The Kier molecular flexibility index (Phi) is 4.26. The van der Waals surface area contributed by atoms with Crippen LogP contribution < -0.4 is 0 Å². The molecule has 1 aromatic heterocycles. The zero-order valence-corrected chi connectivity index (χ0v) is 23.9. The Balaban J connectivity index is 1.32. The van der Waals surface area contributed by atoms with Gasteiger partial charge in [0.1, 0.15) is 0 Å². The molecule has 0 saturated heterocycles. The van der Waals surface area contributed by atoms with Crippen LogP contribution in [0.1, 0.15) is 49.9 Å². The van der Waals surface area contributed by atoms with Gasteiger partial charge in [-0.3, -0.25) is 0 Å². The van der Waals surface area contributed by atoms with Gasteiger partial charge in [0.25, 0.3) is 0 Å². The smallest absolute Gasteiger partial charge is 0.0544 e. The van der Waals surface area contributed by atoms with E-state index >= 15 is 0 Å². The van der Waals surface area contributed by atoms with Crippen molar-refractivity contribution in [2.45, 2.75) is 38.5 Å². The zero-order chi connectivity index (χ0) is 27.7. The molecule has 0 amide bonds. The molecule has 7 aromatic rings. The van der Waals surface area contributed by atoms with Crippen LogP contribution in [0.15, 0.2) is 115 Å². The van der Waals surface area contributed by atoms with Crippen LogP contribution in [-0.2, 0) is 10.8 Å². The van der Waals surface area contributed by atoms with E-state index in [4.69, 9.17) is 0 Å². The monoisotopic (exact) mass is 525 g/mol. The highest BCUT2D eigenvalue weighted by atomic mass is 15.0. The molecule has 9 rings (SSSR count). The van der Waals surface area contributed by atoms with Crippen LogP contribution in [0.2, 0.25) is 0 Å². The Labute approximate surface area is 240 Å². The lowest BCUT2D eigenvalue weighted by Gasteiger charge is -2.23. The maximum atomic E-state index is 2.50. The average Bonchev–Trinajstić information content (AvgIpc) is 3.52. The van der Waals surface area contributed by atoms with Gasteiger partial charge in [0.2, 0.25) is 0 Å². The summed E-state index contributed by atoms with van der Waals surface area (Å²) in [5.41, 5.74) is 14.8. The van der Waals surface area contributed by atoms with Crippen LogP contribution >= 0.6 is 0 Å². The Bertz CT molecular complexity index is 2260. The van der Waals surface area contributed by atoms with Crippen molar-refractivity contribution in [1.82, 2.24) is 4.57 Å². The van der Waals surface area contributed by atoms with Crippen LogP contribution in [0.3, 0.4) is 0 Å². The predicted octanol–water partition coefficient (Wildman–Crippen LogP) is 10.5. The first-order valence-corrected chi connectivity index (χ1v) is 14.7. The fourth-order valence-corrected chi connectivity index (χ4v) is 7.99. The lowest BCUT2D eigenvalue weighted by atomic mass is 9.81. The van der Waals surface area contributed by atoms with Gasteiger partial charge in [0, 0.05) is 27.3 Å². The van der Waals surface area contributed by atoms with Gasteiger partial charge in [-0.25, -0.2) is 0 Å². The molecule has 1 heteroatoms. The van der Waals surface area contributed by atoms with E-state index in [0.717, 1.165) is 0 Å². The van der Waals surface area contributed by atoms with Crippen LogP contribution in [-0.4, -0.2) is 4.57 Å². The lowest BCUT2D eigenvalue weighted by Crippen LogP contribution is -2.15. The highest BCUT2D eigenvalue weighted by Gasteiger charge is 2.38. The largest absolute Gasteiger partial charge is 0.309 e. The van der Waals surface area contributed by atoms with E-state index in [1.165, 1.54) is 82.8 Å². The number of rotatable bonds is 1. The lowest BCUT2D eigenvalue weighted by molar-refractivity contribution is 0.660. The molecule has 41 heavy (non-hydrogen) atoms. The molecule has 2 aliphatic carbocycles. The Morgan fingerprint density at radius 1 is 0.415 bits per heavy atom. The average molecular weight is 526 g/mol. The summed E-state index contributed by atoms with van der Waals surface area (Å²) in [6.45, 7) is 9.51. The number of fused-ring (bicyclic) bond motifs is 10. The molecule has 6 aromatic carbocycles.